The number of carbonyl (C=O) groups excluding carboxylic acids is 1. The highest BCUT2D eigenvalue weighted by molar-refractivity contribution is 7.89. The molecular weight excluding hydrogens is 676 g/mol. The molecule has 0 unspecified atom stereocenters. The van der Waals surface area contributed by atoms with Gasteiger partial charge in [-0.2, -0.15) is 4.31 Å². The number of rotatable bonds is 9. The minimum absolute atomic E-state index is 0.0473. The summed E-state index contributed by atoms with van der Waals surface area (Å²) >= 11 is 0. The van der Waals surface area contributed by atoms with Gasteiger partial charge >= 0.3 is 18.7 Å². The molecule has 3 aromatic carbocycles. The Kier molecular flexibility index (Phi) is 9.36. The van der Waals surface area contributed by atoms with Crippen LogP contribution >= 0.6 is 0 Å². The molecule has 0 radical (unpaired) electrons. The number of hydrogen-bond acceptors (Lipinski definition) is 9. The van der Waals surface area contributed by atoms with Crippen LogP contribution in [0.25, 0.3) is 11.0 Å². The SMILES string of the molecule is O=C(O)c1cccc2ncc(N3CCN(S(=O)(=O)c4ccc(OC(F)(F)F)cc4)[C@@H](C(=O)NCc4ccc(OC(F)(F)F)cc4)C3)nc12. The molecule has 4 aromatic rings. The zero-order chi connectivity index (χ0) is 34.9. The van der Waals surface area contributed by atoms with Crippen molar-refractivity contribution in [3.05, 3.63) is 84.1 Å². The molecule has 0 bridgehead atoms. The zero-order valence-corrected chi connectivity index (χ0v) is 25.0. The van der Waals surface area contributed by atoms with Gasteiger partial charge in [0.25, 0.3) is 0 Å². The van der Waals surface area contributed by atoms with Crippen molar-refractivity contribution in [2.45, 2.75) is 30.2 Å². The summed E-state index contributed by atoms with van der Waals surface area (Å²) in [5.74, 6) is -3.10. The number of piperazine rings is 1. The van der Waals surface area contributed by atoms with E-state index in [-0.39, 0.29) is 48.6 Å². The summed E-state index contributed by atoms with van der Waals surface area (Å²) in [6, 6.07) is 10.9. The first-order valence-electron chi connectivity index (χ1n) is 13.7. The monoisotopic (exact) mass is 699 g/mol. The highest BCUT2D eigenvalue weighted by Gasteiger charge is 2.41. The quantitative estimate of drug-likeness (QED) is 0.242. The number of fused-ring (bicyclic) bond motifs is 1. The summed E-state index contributed by atoms with van der Waals surface area (Å²) in [5.41, 5.74) is 0.542. The predicted octanol–water partition coefficient (Wildman–Crippen LogP) is 4.32. The number of nitrogens with one attached hydrogen (secondary N) is 1. The van der Waals surface area contributed by atoms with Crippen molar-refractivity contribution in [1.29, 1.82) is 0 Å². The lowest BCUT2D eigenvalue weighted by atomic mass is 10.1. The second-order valence-electron chi connectivity index (χ2n) is 10.2. The number of aromatic nitrogens is 2. The second-order valence-corrected chi connectivity index (χ2v) is 12.1. The lowest BCUT2D eigenvalue weighted by Gasteiger charge is -2.40. The van der Waals surface area contributed by atoms with E-state index in [0.29, 0.717) is 5.56 Å². The molecule has 0 spiro atoms. The van der Waals surface area contributed by atoms with E-state index in [1.165, 1.54) is 35.4 Å². The molecule has 1 aromatic heterocycles. The van der Waals surface area contributed by atoms with E-state index < -0.39 is 57.1 Å². The number of aromatic carboxylic acids is 1. The smallest absolute Gasteiger partial charge is 0.478 e. The van der Waals surface area contributed by atoms with Gasteiger partial charge in [0.15, 0.2) is 0 Å². The average Bonchev–Trinajstić information content (AvgIpc) is 3.02. The first-order valence-corrected chi connectivity index (χ1v) is 15.2. The summed E-state index contributed by atoms with van der Waals surface area (Å²) in [5, 5.41) is 12.2. The Morgan fingerprint density at radius 2 is 1.50 bits per heavy atom. The Morgan fingerprint density at radius 1 is 0.896 bits per heavy atom. The van der Waals surface area contributed by atoms with Gasteiger partial charge in [-0.1, -0.05) is 18.2 Å². The average molecular weight is 700 g/mol. The topological polar surface area (TPSA) is 151 Å². The zero-order valence-electron chi connectivity index (χ0n) is 24.2. The molecule has 1 saturated heterocycles. The largest absolute Gasteiger partial charge is 0.573 e. The molecule has 254 valence electrons. The number of anilines is 1. The molecule has 12 nitrogen and oxygen atoms in total. The first-order chi connectivity index (χ1) is 22.5. The minimum atomic E-state index is -5.01. The van der Waals surface area contributed by atoms with Crippen LogP contribution in [0, 0.1) is 0 Å². The number of nitrogens with zero attached hydrogens (tertiary/aromatic N) is 4. The lowest BCUT2D eigenvalue weighted by molar-refractivity contribution is -0.275. The van der Waals surface area contributed by atoms with Crippen LogP contribution in [-0.4, -0.2) is 78.1 Å². The molecular formula is C29H23F6N5O7S. The van der Waals surface area contributed by atoms with Crippen LogP contribution < -0.4 is 19.7 Å². The number of benzene rings is 3. The molecule has 2 N–H and O–H groups in total. The summed E-state index contributed by atoms with van der Waals surface area (Å²) < 4.78 is 111. The summed E-state index contributed by atoms with van der Waals surface area (Å²) in [6.45, 7) is -0.899. The van der Waals surface area contributed by atoms with E-state index in [1.54, 1.807) is 6.07 Å². The number of hydrogen-bond donors (Lipinski definition) is 2. The van der Waals surface area contributed by atoms with Crippen molar-refractivity contribution in [2.24, 2.45) is 0 Å². The number of carboxylic acid groups (broad SMARTS) is 1. The maximum atomic E-state index is 13.7. The van der Waals surface area contributed by atoms with Crippen LogP contribution in [0.4, 0.5) is 32.2 Å². The lowest BCUT2D eigenvalue weighted by Crippen LogP contribution is -2.60. The van der Waals surface area contributed by atoms with Crippen LogP contribution in [0.3, 0.4) is 0 Å². The van der Waals surface area contributed by atoms with Crippen molar-refractivity contribution in [2.75, 3.05) is 24.5 Å². The fraction of sp³-hybridized carbons (Fsp3) is 0.241. The Hall–Kier alpha value is -5.17. The highest BCUT2D eigenvalue weighted by Crippen LogP contribution is 2.29. The van der Waals surface area contributed by atoms with E-state index in [1.807, 2.05) is 0 Å². The summed E-state index contributed by atoms with van der Waals surface area (Å²) in [7, 11) is -4.51. The Bertz CT molecular complexity index is 1920. The van der Waals surface area contributed by atoms with Crippen molar-refractivity contribution < 1.29 is 58.9 Å². The van der Waals surface area contributed by atoms with Crippen molar-refractivity contribution in [3.63, 3.8) is 0 Å². The number of carboxylic acids is 1. The van der Waals surface area contributed by atoms with Gasteiger partial charge in [0.1, 0.15) is 28.9 Å². The molecule has 1 aliphatic heterocycles. The molecule has 1 atom stereocenters. The van der Waals surface area contributed by atoms with Crippen LogP contribution in [0.15, 0.2) is 77.8 Å². The molecule has 0 aliphatic carbocycles. The number of halogens is 6. The number of carbonyl (C=O) groups is 2. The van der Waals surface area contributed by atoms with Gasteiger partial charge in [-0.3, -0.25) is 9.78 Å². The third-order valence-electron chi connectivity index (χ3n) is 7.04. The van der Waals surface area contributed by atoms with Gasteiger partial charge in [-0.15, -0.1) is 26.3 Å². The fourth-order valence-corrected chi connectivity index (χ4v) is 6.46. The van der Waals surface area contributed by atoms with Crippen LogP contribution in [-0.2, 0) is 21.4 Å². The van der Waals surface area contributed by atoms with E-state index >= 15 is 0 Å². The number of ether oxygens (including phenoxy) is 2. The maximum Gasteiger partial charge on any atom is 0.573 e. The molecule has 2 heterocycles. The van der Waals surface area contributed by atoms with Crippen molar-refractivity contribution in [3.8, 4) is 11.5 Å². The first kappa shape index (κ1) is 34.2. The predicted molar refractivity (Wildman–Crippen MR) is 154 cm³/mol. The molecule has 1 amide bonds. The molecule has 0 saturated carbocycles. The van der Waals surface area contributed by atoms with Gasteiger partial charge in [0.2, 0.25) is 15.9 Å². The normalized spacial score (nSPS) is 16.0. The number of amides is 1. The third-order valence-corrected chi connectivity index (χ3v) is 8.96. The van der Waals surface area contributed by atoms with Crippen LogP contribution in [0.2, 0.25) is 0 Å². The Morgan fingerprint density at radius 3 is 2.08 bits per heavy atom. The summed E-state index contributed by atoms with van der Waals surface area (Å²) in [4.78, 5) is 35.1. The third kappa shape index (κ3) is 8.03. The fourth-order valence-electron chi connectivity index (χ4n) is 4.89. The second kappa shape index (κ2) is 13.1. The molecule has 1 aliphatic rings. The number of sulfonamides is 1. The van der Waals surface area contributed by atoms with Crippen LogP contribution in [0.1, 0.15) is 15.9 Å². The minimum Gasteiger partial charge on any atom is -0.478 e. The van der Waals surface area contributed by atoms with Gasteiger partial charge in [0, 0.05) is 26.2 Å². The van der Waals surface area contributed by atoms with Crippen molar-refractivity contribution >= 4 is 38.8 Å². The number of para-hydroxylation sites is 1. The molecule has 48 heavy (non-hydrogen) atoms. The van der Waals surface area contributed by atoms with Crippen LogP contribution in [0.5, 0.6) is 11.5 Å². The Balaban J connectivity index is 1.42. The number of alkyl halides is 6. The standard InChI is InChI=1S/C29H23F6N5O7S/c30-28(31,32)46-18-6-4-17(5-7-18)14-37-26(41)23-16-39(24-15-36-22-3-1-2-21(27(42)43)25(22)38-24)12-13-40(23)48(44,45)20-10-8-19(9-11-20)47-29(33,34)35/h1-11,15,23H,12-14,16H2,(H,37,41)(H,42,43)/t23-/m1/s1. The van der Waals surface area contributed by atoms with E-state index in [9.17, 15) is 49.5 Å². The Labute approximate surface area is 267 Å². The van der Waals surface area contributed by atoms with Crippen molar-refractivity contribution in [1.82, 2.24) is 19.6 Å². The highest BCUT2D eigenvalue weighted by atomic mass is 32.2. The maximum absolute atomic E-state index is 13.7. The van der Waals surface area contributed by atoms with E-state index in [0.717, 1.165) is 40.7 Å². The van der Waals surface area contributed by atoms with E-state index in [4.69, 9.17) is 0 Å². The molecule has 19 heteroatoms. The summed E-state index contributed by atoms with van der Waals surface area (Å²) in [6.07, 6.45) is -8.59. The van der Waals surface area contributed by atoms with E-state index in [2.05, 4.69) is 24.8 Å². The van der Waals surface area contributed by atoms with Gasteiger partial charge in [-0.25, -0.2) is 18.2 Å². The van der Waals surface area contributed by atoms with Gasteiger partial charge in [0.05, 0.1) is 22.2 Å². The molecule has 1 fully saturated rings. The molecule has 5 rings (SSSR count). The van der Waals surface area contributed by atoms with Gasteiger partial charge < -0.3 is 24.8 Å². The van der Waals surface area contributed by atoms with Gasteiger partial charge in [-0.05, 0) is 54.1 Å².